The van der Waals surface area contributed by atoms with Gasteiger partial charge in [0.05, 0.1) is 9.62 Å². The molecule has 0 unspecified atom stereocenters. The molecule has 1 amide bonds. The summed E-state index contributed by atoms with van der Waals surface area (Å²) in [6, 6.07) is 2.74. The molecule has 0 aliphatic carbocycles. The van der Waals surface area contributed by atoms with Crippen molar-refractivity contribution in [3.8, 4) is 0 Å². The Kier molecular flexibility index (Phi) is 4.36. The number of hydrogen-bond acceptors (Lipinski definition) is 5. The third-order valence-corrected chi connectivity index (χ3v) is 5.94. The van der Waals surface area contributed by atoms with E-state index in [1.165, 1.54) is 26.0 Å². The minimum Gasteiger partial charge on any atom is -0.477 e. The summed E-state index contributed by atoms with van der Waals surface area (Å²) < 4.78 is 21.9. The van der Waals surface area contributed by atoms with Crippen molar-refractivity contribution >= 4 is 33.1 Å². The van der Waals surface area contributed by atoms with Crippen molar-refractivity contribution in [2.24, 2.45) is 0 Å². The van der Waals surface area contributed by atoms with Crippen LogP contribution in [0, 0.1) is 0 Å². The van der Waals surface area contributed by atoms with Gasteiger partial charge in [-0.3, -0.25) is 4.79 Å². The molecule has 0 bridgehead atoms. The van der Waals surface area contributed by atoms with E-state index in [0.29, 0.717) is 0 Å². The first-order chi connectivity index (χ1) is 8.54. The first-order valence-corrected chi connectivity index (χ1v) is 8.06. The maximum absolute atomic E-state index is 11.8. The lowest BCUT2D eigenvalue weighted by atomic mass is 10.2. The van der Waals surface area contributed by atoms with Crippen molar-refractivity contribution < 1.29 is 23.1 Å². The van der Waals surface area contributed by atoms with E-state index in [1.807, 2.05) is 0 Å². The number of amides is 1. The average Bonchev–Trinajstić information content (AvgIpc) is 2.73. The zero-order chi connectivity index (χ0) is 14.8. The first-order valence-electron chi connectivity index (χ1n) is 5.35. The van der Waals surface area contributed by atoms with Crippen LogP contribution in [0.5, 0.6) is 0 Å². The van der Waals surface area contributed by atoms with E-state index < -0.39 is 26.5 Å². The van der Waals surface area contributed by atoms with Gasteiger partial charge in [-0.2, -0.15) is 0 Å². The van der Waals surface area contributed by atoms with Crippen LogP contribution in [0.25, 0.3) is 0 Å². The van der Waals surface area contributed by atoms with Crippen LogP contribution in [-0.4, -0.2) is 42.9 Å². The van der Waals surface area contributed by atoms with E-state index >= 15 is 0 Å². The molecule has 2 N–H and O–H groups in total. The smallest absolute Gasteiger partial charge is 0.345 e. The standard InChI is InChI=1S/C11H15NO5S2/c1-11(2,19(3,16)17)6-12-9(13)7-4-5-8(18-7)10(14)15/h4-5H,6H2,1-3H3,(H,12,13)(H,14,15). The van der Waals surface area contributed by atoms with Crippen LogP contribution >= 0.6 is 11.3 Å². The van der Waals surface area contributed by atoms with Gasteiger partial charge >= 0.3 is 5.97 Å². The summed E-state index contributed by atoms with van der Waals surface area (Å²) in [7, 11) is -3.29. The monoisotopic (exact) mass is 305 g/mol. The van der Waals surface area contributed by atoms with Crippen LogP contribution in [0.1, 0.15) is 33.2 Å². The highest BCUT2D eigenvalue weighted by atomic mass is 32.2. The summed E-state index contributed by atoms with van der Waals surface area (Å²) >= 11 is 0.846. The molecule has 1 aromatic heterocycles. The zero-order valence-electron chi connectivity index (χ0n) is 10.8. The minimum atomic E-state index is -3.29. The number of thiophene rings is 1. The summed E-state index contributed by atoms with van der Waals surface area (Å²) in [4.78, 5) is 22.8. The zero-order valence-corrected chi connectivity index (χ0v) is 12.4. The van der Waals surface area contributed by atoms with E-state index in [1.54, 1.807) is 0 Å². The Hall–Kier alpha value is -1.41. The fraction of sp³-hybridized carbons (Fsp3) is 0.455. The molecule has 0 aliphatic heterocycles. The normalized spacial score (nSPS) is 12.2. The summed E-state index contributed by atoms with van der Waals surface area (Å²) in [6.45, 7) is 2.99. The lowest BCUT2D eigenvalue weighted by molar-refractivity contribution is 0.0702. The molecule has 0 aliphatic rings. The minimum absolute atomic E-state index is 0.0367. The molecule has 1 rings (SSSR count). The summed E-state index contributed by atoms with van der Waals surface area (Å²) in [5.41, 5.74) is 0. The third-order valence-electron chi connectivity index (χ3n) is 2.72. The number of hydrogen-bond donors (Lipinski definition) is 2. The highest BCUT2D eigenvalue weighted by Gasteiger charge is 2.30. The van der Waals surface area contributed by atoms with Gasteiger partial charge in [0.1, 0.15) is 4.88 Å². The topological polar surface area (TPSA) is 101 Å². The molecule has 0 atom stereocenters. The highest BCUT2D eigenvalue weighted by molar-refractivity contribution is 7.92. The molecule has 0 radical (unpaired) electrons. The quantitative estimate of drug-likeness (QED) is 0.845. The fourth-order valence-electron chi connectivity index (χ4n) is 1.09. The van der Waals surface area contributed by atoms with Gasteiger partial charge in [0.15, 0.2) is 9.84 Å². The van der Waals surface area contributed by atoms with Gasteiger partial charge in [0, 0.05) is 12.8 Å². The van der Waals surface area contributed by atoms with Gasteiger partial charge in [0.2, 0.25) is 0 Å². The van der Waals surface area contributed by atoms with Crippen molar-refractivity contribution in [3.05, 3.63) is 21.9 Å². The number of aromatic carboxylic acids is 1. The third kappa shape index (κ3) is 3.77. The van der Waals surface area contributed by atoms with Crippen molar-refractivity contribution in [2.75, 3.05) is 12.8 Å². The lowest BCUT2D eigenvalue weighted by Crippen LogP contribution is -2.43. The van der Waals surface area contributed by atoms with E-state index in [-0.39, 0.29) is 16.3 Å². The molecule has 0 saturated heterocycles. The molecule has 0 aromatic carbocycles. The van der Waals surface area contributed by atoms with Crippen molar-refractivity contribution in [2.45, 2.75) is 18.6 Å². The van der Waals surface area contributed by atoms with Crippen molar-refractivity contribution in [1.82, 2.24) is 5.32 Å². The van der Waals surface area contributed by atoms with E-state index in [9.17, 15) is 18.0 Å². The lowest BCUT2D eigenvalue weighted by Gasteiger charge is -2.22. The first kappa shape index (κ1) is 15.6. The molecular weight excluding hydrogens is 290 g/mol. The largest absolute Gasteiger partial charge is 0.477 e. The molecule has 19 heavy (non-hydrogen) atoms. The van der Waals surface area contributed by atoms with Gasteiger partial charge < -0.3 is 10.4 Å². The maximum Gasteiger partial charge on any atom is 0.345 e. The van der Waals surface area contributed by atoms with E-state index in [4.69, 9.17) is 5.11 Å². The summed E-state index contributed by atoms with van der Waals surface area (Å²) in [5.74, 6) is -1.57. The van der Waals surface area contributed by atoms with Crippen LogP contribution in [0.4, 0.5) is 0 Å². The van der Waals surface area contributed by atoms with Gasteiger partial charge in [-0.1, -0.05) is 0 Å². The van der Waals surface area contributed by atoms with Crippen LogP contribution < -0.4 is 5.32 Å². The molecule has 106 valence electrons. The van der Waals surface area contributed by atoms with Crippen LogP contribution in [0.15, 0.2) is 12.1 Å². The van der Waals surface area contributed by atoms with Crippen LogP contribution in [0.2, 0.25) is 0 Å². The molecule has 8 heteroatoms. The number of carboxylic acid groups (broad SMARTS) is 1. The molecule has 6 nitrogen and oxygen atoms in total. The summed E-state index contributed by atoms with van der Waals surface area (Å²) in [6.07, 6.45) is 1.10. The van der Waals surface area contributed by atoms with Crippen LogP contribution in [-0.2, 0) is 9.84 Å². The van der Waals surface area contributed by atoms with Crippen LogP contribution in [0.3, 0.4) is 0 Å². The second kappa shape index (κ2) is 5.30. The number of carboxylic acids is 1. The fourth-order valence-corrected chi connectivity index (χ4v) is 2.18. The number of nitrogens with one attached hydrogen (secondary N) is 1. The number of rotatable bonds is 5. The Morgan fingerprint density at radius 1 is 1.32 bits per heavy atom. The van der Waals surface area contributed by atoms with E-state index in [0.717, 1.165) is 17.6 Å². The SMILES string of the molecule is CC(C)(CNC(=O)c1ccc(C(=O)O)s1)S(C)(=O)=O. The predicted molar refractivity (Wildman–Crippen MR) is 72.5 cm³/mol. The molecular formula is C11H15NO5S2. The van der Waals surface area contributed by atoms with Crippen molar-refractivity contribution in [1.29, 1.82) is 0 Å². The van der Waals surface area contributed by atoms with Gasteiger partial charge in [-0.15, -0.1) is 11.3 Å². The summed E-state index contributed by atoms with van der Waals surface area (Å²) in [5, 5.41) is 11.2. The predicted octanol–water partition coefficient (Wildman–Crippen LogP) is 0.999. The molecule has 1 aromatic rings. The van der Waals surface area contributed by atoms with Gasteiger partial charge in [-0.25, -0.2) is 13.2 Å². The Labute approximate surface area is 115 Å². The molecule has 1 heterocycles. The average molecular weight is 305 g/mol. The van der Waals surface area contributed by atoms with E-state index in [2.05, 4.69) is 5.32 Å². The Bertz CT molecular complexity index is 600. The van der Waals surface area contributed by atoms with Gasteiger partial charge in [-0.05, 0) is 26.0 Å². The highest BCUT2D eigenvalue weighted by Crippen LogP contribution is 2.17. The Morgan fingerprint density at radius 2 is 1.84 bits per heavy atom. The molecule has 0 saturated carbocycles. The maximum atomic E-state index is 11.8. The second-order valence-electron chi connectivity index (χ2n) is 4.68. The second-order valence-corrected chi connectivity index (χ2v) is 8.42. The van der Waals surface area contributed by atoms with Gasteiger partial charge in [0.25, 0.3) is 5.91 Å². The molecule has 0 spiro atoms. The number of carbonyl (C=O) groups excluding carboxylic acids is 1. The Balaban J connectivity index is 2.73. The molecule has 0 fully saturated rings. The van der Waals surface area contributed by atoms with Crippen molar-refractivity contribution in [3.63, 3.8) is 0 Å². The number of sulfone groups is 1. The number of carbonyl (C=O) groups is 2. The Morgan fingerprint density at radius 3 is 2.26 bits per heavy atom.